The van der Waals surface area contributed by atoms with E-state index in [-0.39, 0.29) is 5.69 Å². The van der Waals surface area contributed by atoms with E-state index in [9.17, 15) is 10.1 Å². The zero-order valence-electron chi connectivity index (χ0n) is 14.2. The fraction of sp³-hybridized carbons (Fsp3) is 0.0526. The van der Waals surface area contributed by atoms with Gasteiger partial charge in [-0.15, -0.1) is 0 Å². The van der Waals surface area contributed by atoms with Gasteiger partial charge in [0.15, 0.2) is 11.6 Å². The third kappa shape index (κ3) is 3.15. The molecule has 1 N–H and O–H groups in total. The molecule has 2 aromatic carbocycles. The summed E-state index contributed by atoms with van der Waals surface area (Å²) in [6.07, 6.45) is 1.56. The fourth-order valence-electron chi connectivity index (χ4n) is 2.73. The SMILES string of the molecule is COc1ccc2c(c1)C(c1ccc([N+](=O)[O-])cc1)=NNC(c1ccco1)=N2. The van der Waals surface area contributed by atoms with Crippen LogP contribution in [0.15, 0.2) is 75.4 Å². The summed E-state index contributed by atoms with van der Waals surface area (Å²) in [6, 6.07) is 15.2. The Labute approximate surface area is 154 Å². The first kappa shape index (κ1) is 16.5. The molecule has 0 spiro atoms. The first-order chi connectivity index (χ1) is 13.2. The summed E-state index contributed by atoms with van der Waals surface area (Å²) in [5.74, 6) is 1.66. The van der Waals surface area contributed by atoms with Crippen molar-refractivity contribution >= 4 is 22.9 Å². The predicted octanol–water partition coefficient (Wildman–Crippen LogP) is 3.63. The Balaban J connectivity index is 1.84. The second-order valence-electron chi connectivity index (χ2n) is 5.70. The van der Waals surface area contributed by atoms with E-state index < -0.39 is 4.92 Å². The van der Waals surface area contributed by atoms with Crippen LogP contribution in [-0.2, 0) is 0 Å². The van der Waals surface area contributed by atoms with E-state index >= 15 is 0 Å². The number of fused-ring (bicyclic) bond motifs is 1. The van der Waals surface area contributed by atoms with Gasteiger partial charge in [-0.1, -0.05) is 0 Å². The first-order valence-electron chi connectivity index (χ1n) is 8.05. The highest BCUT2D eigenvalue weighted by molar-refractivity contribution is 6.18. The molecule has 0 fully saturated rings. The molecule has 1 aliphatic heterocycles. The number of non-ortho nitro benzene ring substituents is 1. The second-order valence-corrected chi connectivity index (χ2v) is 5.70. The zero-order valence-corrected chi connectivity index (χ0v) is 14.2. The Morgan fingerprint density at radius 1 is 1.15 bits per heavy atom. The molecule has 0 bridgehead atoms. The molecule has 8 nitrogen and oxygen atoms in total. The van der Waals surface area contributed by atoms with Crippen LogP contribution in [-0.4, -0.2) is 23.6 Å². The third-order valence-corrected chi connectivity index (χ3v) is 4.07. The highest BCUT2D eigenvalue weighted by Gasteiger charge is 2.19. The number of hydrogen-bond acceptors (Lipinski definition) is 7. The molecule has 0 unspecified atom stereocenters. The van der Waals surface area contributed by atoms with Crippen LogP contribution in [0, 0.1) is 10.1 Å². The number of nitrogens with one attached hydrogen (secondary N) is 1. The summed E-state index contributed by atoms with van der Waals surface area (Å²) in [6.45, 7) is 0. The maximum atomic E-state index is 10.9. The summed E-state index contributed by atoms with van der Waals surface area (Å²) in [7, 11) is 1.58. The minimum absolute atomic E-state index is 0.0133. The number of methoxy groups -OCH3 is 1. The number of nitro benzene ring substituents is 1. The Hall–Kier alpha value is -3.94. The topological polar surface area (TPSA) is 102 Å². The van der Waals surface area contributed by atoms with Gasteiger partial charge in [-0.2, -0.15) is 5.10 Å². The monoisotopic (exact) mass is 362 g/mol. The molecule has 4 rings (SSSR count). The minimum atomic E-state index is -0.438. The molecule has 134 valence electrons. The molecular weight excluding hydrogens is 348 g/mol. The lowest BCUT2D eigenvalue weighted by molar-refractivity contribution is -0.384. The normalized spacial score (nSPS) is 12.9. The molecule has 2 heterocycles. The van der Waals surface area contributed by atoms with Crippen LogP contribution >= 0.6 is 0 Å². The number of rotatable bonds is 4. The maximum Gasteiger partial charge on any atom is 0.269 e. The Morgan fingerprint density at radius 3 is 2.63 bits per heavy atom. The van der Waals surface area contributed by atoms with Crippen LogP contribution in [0.25, 0.3) is 0 Å². The summed E-state index contributed by atoms with van der Waals surface area (Å²) < 4.78 is 10.7. The number of hydrogen-bond donors (Lipinski definition) is 1. The molecule has 27 heavy (non-hydrogen) atoms. The van der Waals surface area contributed by atoms with E-state index in [2.05, 4.69) is 15.5 Å². The highest BCUT2D eigenvalue weighted by Crippen LogP contribution is 2.30. The van der Waals surface area contributed by atoms with Crippen molar-refractivity contribution in [3.8, 4) is 5.75 Å². The Bertz CT molecular complexity index is 1050. The van der Waals surface area contributed by atoms with Gasteiger partial charge in [-0.25, -0.2) is 4.99 Å². The Kier molecular flexibility index (Phi) is 4.13. The quantitative estimate of drug-likeness (QED) is 0.564. The largest absolute Gasteiger partial charge is 0.497 e. The maximum absolute atomic E-state index is 10.9. The van der Waals surface area contributed by atoms with Crippen LogP contribution in [0.4, 0.5) is 11.4 Å². The standard InChI is InChI=1S/C19H14N4O4/c1-26-14-8-9-16-15(11-14)18(12-4-6-13(7-5-12)23(24)25)21-22-19(20-16)17-3-2-10-27-17/h2-11H,1H3,(H,20,22). The van der Waals surface area contributed by atoms with Gasteiger partial charge in [0.2, 0.25) is 0 Å². The van der Waals surface area contributed by atoms with E-state index in [1.807, 2.05) is 12.1 Å². The molecule has 3 aromatic rings. The lowest BCUT2D eigenvalue weighted by Gasteiger charge is -2.09. The number of ether oxygens (including phenoxy) is 1. The number of aliphatic imine (C=N–C) groups is 1. The highest BCUT2D eigenvalue weighted by atomic mass is 16.6. The molecular formula is C19H14N4O4. The first-order valence-corrected chi connectivity index (χ1v) is 8.05. The van der Waals surface area contributed by atoms with E-state index in [1.165, 1.54) is 12.1 Å². The van der Waals surface area contributed by atoms with Gasteiger partial charge in [0, 0.05) is 23.3 Å². The van der Waals surface area contributed by atoms with E-state index in [1.54, 1.807) is 43.7 Å². The van der Waals surface area contributed by atoms with Gasteiger partial charge in [0.25, 0.3) is 5.69 Å². The average molecular weight is 362 g/mol. The molecule has 0 saturated heterocycles. The number of hydrazone groups is 1. The molecule has 1 aromatic heterocycles. The van der Waals surface area contributed by atoms with Crippen LogP contribution in [0.2, 0.25) is 0 Å². The van der Waals surface area contributed by atoms with Crippen molar-refractivity contribution in [2.75, 3.05) is 7.11 Å². The second kappa shape index (κ2) is 6.75. The number of benzene rings is 2. The van der Waals surface area contributed by atoms with Gasteiger partial charge in [-0.3, -0.25) is 15.5 Å². The van der Waals surface area contributed by atoms with Crippen LogP contribution < -0.4 is 10.2 Å². The molecule has 0 amide bonds. The van der Waals surface area contributed by atoms with Crippen LogP contribution in [0.5, 0.6) is 5.75 Å². The van der Waals surface area contributed by atoms with Crippen molar-refractivity contribution in [1.82, 2.24) is 5.43 Å². The average Bonchev–Trinajstić information content (AvgIpc) is 3.16. The van der Waals surface area contributed by atoms with E-state index in [0.717, 1.165) is 5.56 Å². The van der Waals surface area contributed by atoms with E-state index in [0.29, 0.717) is 34.3 Å². The zero-order chi connectivity index (χ0) is 18.8. The van der Waals surface area contributed by atoms with Gasteiger partial charge < -0.3 is 9.15 Å². The van der Waals surface area contributed by atoms with Crippen molar-refractivity contribution in [3.05, 3.63) is 87.9 Å². The summed E-state index contributed by atoms with van der Waals surface area (Å²) in [5.41, 5.74) is 5.64. The van der Waals surface area contributed by atoms with Gasteiger partial charge in [0.1, 0.15) is 11.5 Å². The summed E-state index contributed by atoms with van der Waals surface area (Å²) in [5, 5.41) is 15.4. The van der Waals surface area contributed by atoms with Crippen molar-refractivity contribution in [2.45, 2.75) is 0 Å². The van der Waals surface area contributed by atoms with Crippen LogP contribution in [0.1, 0.15) is 16.9 Å². The third-order valence-electron chi connectivity index (χ3n) is 4.07. The Morgan fingerprint density at radius 2 is 1.96 bits per heavy atom. The van der Waals surface area contributed by atoms with Crippen molar-refractivity contribution in [2.24, 2.45) is 10.1 Å². The number of furan rings is 1. The van der Waals surface area contributed by atoms with Crippen LogP contribution in [0.3, 0.4) is 0 Å². The fourth-order valence-corrected chi connectivity index (χ4v) is 2.73. The number of amidine groups is 1. The van der Waals surface area contributed by atoms with Gasteiger partial charge in [-0.05, 0) is 42.5 Å². The lowest BCUT2D eigenvalue weighted by atomic mass is 10.00. The molecule has 8 heteroatoms. The number of nitro groups is 1. The van der Waals surface area contributed by atoms with Crippen molar-refractivity contribution < 1.29 is 14.1 Å². The molecule has 0 aliphatic carbocycles. The van der Waals surface area contributed by atoms with Crippen molar-refractivity contribution in [3.63, 3.8) is 0 Å². The number of nitrogens with zero attached hydrogens (tertiary/aromatic N) is 3. The minimum Gasteiger partial charge on any atom is -0.497 e. The van der Waals surface area contributed by atoms with E-state index in [4.69, 9.17) is 9.15 Å². The lowest BCUT2D eigenvalue weighted by Crippen LogP contribution is -2.19. The smallest absolute Gasteiger partial charge is 0.269 e. The summed E-state index contributed by atoms with van der Waals surface area (Å²) >= 11 is 0. The van der Waals surface area contributed by atoms with Gasteiger partial charge in [0.05, 0.1) is 24.0 Å². The molecule has 0 radical (unpaired) electrons. The molecule has 0 atom stereocenters. The van der Waals surface area contributed by atoms with Gasteiger partial charge >= 0.3 is 0 Å². The molecule has 1 aliphatic rings. The predicted molar refractivity (Wildman–Crippen MR) is 99.8 cm³/mol. The summed E-state index contributed by atoms with van der Waals surface area (Å²) in [4.78, 5) is 15.1. The molecule has 0 saturated carbocycles. The van der Waals surface area contributed by atoms with Crippen molar-refractivity contribution in [1.29, 1.82) is 0 Å².